The van der Waals surface area contributed by atoms with Gasteiger partial charge in [-0.05, 0) is 12.8 Å². The number of nitrogens with two attached hydrogens (primary N) is 3. The predicted octanol–water partition coefficient (Wildman–Crippen LogP) is -5.15. The molecule has 0 aliphatic rings. The lowest BCUT2D eigenvalue weighted by molar-refractivity contribution is -0.147. The van der Waals surface area contributed by atoms with E-state index in [9.17, 15) is 33.6 Å². The minimum atomic E-state index is -1.84. The normalized spacial score (nSPS) is 14.1. The smallest absolute Gasteiger partial charge is 0.326 e. The first kappa shape index (κ1) is 29.2. The second-order valence-electron chi connectivity index (χ2n) is 6.92. The van der Waals surface area contributed by atoms with E-state index in [0.29, 0.717) is 0 Å². The van der Waals surface area contributed by atoms with E-state index in [1.807, 2.05) is 5.32 Å². The van der Waals surface area contributed by atoms with E-state index in [1.165, 1.54) is 0 Å². The molecule has 0 aromatic carbocycles. The van der Waals surface area contributed by atoms with Crippen LogP contribution in [0.2, 0.25) is 0 Å². The minimum absolute atomic E-state index is 0.314. The van der Waals surface area contributed by atoms with E-state index in [2.05, 4.69) is 10.6 Å². The maximum Gasteiger partial charge on any atom is 0.326 e. The summed E-state index contributed by atoms with van der Waals surface area (Å²) >= 11 is 0. The molecule has 0 saturated heterocycles. The lowest BCUT2D eigenvalue weighted by atomic mass is 10.1. The molecular formula is C17H28N6O10. The highest BCUT2D eigenvalue weighted by Gasteiger charge is 2.31. The SMILES string of the molecule is NC(=O)CCC(NC(=O)C(N)CO)C(=O)NC(CCC(N)=O)C(=O)NC(CC(=O)O)C(=O)O. The first-order chi connectivity index (χ1) is 15.3. The van der Waals surface area contributed by atoms with Crippen molar-refractivity contribution in [3.63, 3.8) is 0 Å². The summed E-state index contributed by atoms with van der Waals surface area (Å²) in [6.07, 6.45) is -2.44. The lowest BCUT2D eigenvalue weighted by Crippen LogP contribution is -2.57. The molecule has 0 heterocycles. The molecule has 12 N–H and O–H groups in total. The number of hydrogen-bond donors (Lipinski definition) is 9. The van der Waals surface area contributed by atoms with Crippen LogP contribution in [0.3, 0.4) is 0 Å². The van der Waals surface area contributed by atoms with Crippen molar-refractivity contribution >= 4 is 41.5 Å². The van der Waals surface area contributed by atoms with Crippen LogP contribution in [0.5, 0.6) is 0 Å². The highest BCUT2D eigenvalue weighted by atomic mass is 16.4. The summed E-state index contributed by atoms with van der Waals surface area (Å²) in [6.45, 7) is -0.750. The van der Waals surface area contributed by atoms with E-state index in [4.69, 9.17) is 32.5 Å². The molecule has 0 aliphatic heterocycles. The number of rotatable bonds is 16. The molecule has 0 aromatic rings. The maximum atomic E-state index is 12.7. The maximum absolute atomic E-state index is 12.7. The molecule has 0 radical (unpaired) electrons. The number of aliphatic hydroxyl groups is 1. The van der Waals surface area contributed by atoms with E-state index in [0.717, 1.165) is 0 Å². The zero-order valence-corrected chi connectivity index (χ0v) is 17.5. The number of nitrogens with one attached hydrogen (secondary N) is 3. The summed E-state index contributed by atoms with van der Waals surface area (Å²) < 4.78 is 0. The molecule has 16 nitrogen and oxygen atoms in total. The van der Waals surface area contributed by atoms with Crippen LogP contribution in [0.4, 0.5) is 0 Å². The number of primary amides is 2. The topological polar surface area (TPSA) is 294 Å². The van der Waals surface area contributed by atoms with Gasteiger partial charge < -0.3 is 48.5 Å². The summed E-state index contributed by atoms with van der Waals surface area (Å²) in [7, 11) is 0. The Balaban J connectivity index is 5.60. The van der Waals surface area contributed by atoms with E-state index in [-0.39, 0.29) is 19.3 Å². The van der Waals surface area contributed by atoms with Gasteiger partial charge in [-0.15, -0.1) is 0 Å². The second kappa shape index (κ2) is 14.3. The van der Waals surface area contributed by atoms with Gasteiger partial charge in [0, 0.05) is 12.8 Å². The lowest BCUT2D eigenvalue weighted by Gasteiger charge is -2.24. The van der Waals surface area contributed by atoms with E-state index >= 15 is 0 Å². The number of aliphatic hydroxyl groups excluding tert-OH is 1. The molecule has 0 aliphatic carbocycles. The van der Waals surface area contributed by atoms with Gasteiger partial charge in [0.1, 0.15) is 24.2 Å². The average molecular weight is 476 g/mol. The fourth-order valence-corrected chi connectivity index (χ4v) is 2.39. The van der Waals surface area contributed by atoms with Crippen LogP contribution in [0.1, 0.15) is 32.1 Å². The number of amides is 5. The Morgan fingerprint density at radius 3 is 1.42 bits per heavy atom. The van der Waals surface area contributed by atoms with Crippen molar-refractivity contribution in [3.05, 3.63) is 0 Å². The van der Waals surface area contributed by atoms with Crippen LogP contribution in [-0.2, 0) is 33.6 Å². The van der Waals surface area contributed by atoms with Gasteiger partial charge in [-0.3, -0.25) is 28.8 Å². The minimum Gasteiger partial charge on any atom is -0.481 e. The molecule has 16 heteroatoms. The molecule has 4 atom stereocenters. The van der Waals surface area contributed by atoms with Crippen LogP contribution in [0.25, 0.3) is 0 Å². The van der Waals surface area contributed by atoms with Gasteiger partial charge in [0.05, 0.1) is 13.0 Å². The summed E-state index contributed by atoms with van der Waals surface area (Å²) in [5.74, 6) is -7.95. The summed E-state index contributed by atoms with van der Waals surface area (Å²) in [4.78, 5) is 81.3. The molecule has 186 valence electrons. The average Bonchev–Trinajstić information content (AvgIpc) is 2.71. The summed E-state index contributed by atoms with van der Waals surface area (Å²) in [5.41, 5.74) is 15.5. The Morgan fingerprint density at radius 1 is 0.697 bits per heavy atom. The van der Waals surface area contributed by atoms with Crippen LogP contribution in [0.15, 0.2) is 0 Å². The van der Waals surface area contributed by atoms with Crippen LogP contribution in [0, 0.1) is 0 Å². The number of carbonyl (C=O) groups is 7. The molecule has 0 aromatic heterocycles. The highest BCUT2D eigenvalue weighted by Crippen LogP contribution is 2.04. The molecule has 0 saturated carbocycles. The van der Waals surface area contributed by atoms with Gasteiger partial charge in [0.15, 0.2) is 0 Å². The van der Waals surface area contributed by atoms with Crippen LogP contribution >= 0.6 is 0 Å². The van der Waals surface area contributed by atoms with Crippen LogP contribution < -0.4 is 33.2 Å². The molecule has 4 unspecified atom stereocenters. The highest BCUT2D eigenvalue weighted by molar-refractivity contribution is 5.95. The zero-order valence-electron chi connectivity index (χ0n) is 17.5. The molecule has 0 bridgehead atoms. The summed E-state index contributed by atoms with van der Waals surface area (Å²) in [6, 6.07) is -6.23. The Morgan fingerprint density at radius 2 is 1.09 bits per heavy atom. The molecule has 0 fully saturated rings. The van der Waals surface area contributed by atoms with Gasteiger partial charge in [-0.2, -0.15) is 0 Å². The number of carboxylic acids is 2. The second-order valence-corrected chi connectivity index (χ2v) is 6.92. The molecule has 0 rings (SSSR count). The van der Waals surface area contributed by atoms with Gasteiger partial charge in [-0.1, -0.05) is 0 Å². The first-order valence-electron chi connectivity index (χ1n) is 9.57. The fourth-order valence-electron chi connectivity index (χ4n) is 2.39. The Hall–Kier alpha value is -3.79. The van der Waals surface area contributed by atoms with Gasteiger partial charge in [0.2, 0.25) is 29.5 Å². The van der Waals surface area contributed by atoms with E-state index in [1.54, 1.807) is 0 Å². The third-order valence-corrected chi connectivity index (χ3v) is 4.15. The fraction of sp³-hybridized carbons (Fsp3) is 0.588. The largest absolute Gasteiger partial charge is 0.481 e. The van der Waals surface area contributed by atoms with Crippen molar-refractivity contribution in [1.82, 2.24) is 16.0 Å². The third kappa shape index (κ3) is 12.0. The molecule has 0 spiro atoms. The number of aliphatic carboxylic acids is 2. The zero-order chi connectivity index (χ0) is 25.7. The van der Waals surface area contributed by atoms with Crippen molar-refractivity contribution in [3.8, 4) is 0 Å². The number of hydrogen-bond acceptors (Lipinski definition) is 9. The van der Waals surface area contributed by atoms with Crippen molar-refractivity contribution < 1.29 is 48.9 Å². The Labute approximate surface area is 187 Å². The quantitative estimate of drug-likeness (QED) is 0.101. The molecule has 5 amide bonds. The Bertz CT molecular complexity index is 773. The van der Waals surface area contributed by atoms with Gasteiger partial charge >= 0.3 is 11.9 Å². The molecule has 33 heavy (non-hydrogen) atoms. The monoisotopic (exact) mass is 476 g/mol. The van der Waals surface area contributed by atoms with Crippen molar-refractivity contribution in [2.24, 2.45) is 17.2 Å². The van der Waals surface area contributed by atoms with Crippen LogP contribution in [-0.4, -0.2) is 87.6 Å². The van der Waals surface area contributed by atoms with Crippen molar-refractivity contribution in [1.29, 1.82) is 0 Å². The standard InChI is InChI=1S/C17H28N6O10/c18-7(6-24)14(29)21-8(1-3-11(19)25)15(30)22-9(2-4-12(20)26)16(31)23-10(17(32)33)5-13(27)28/h7-10,24H,1-6,18H2,(H2,19,25)(H2,20,26)(H,21,29)(H,22,30)(H,23,31)(H,27,28)(H,32,33). The Kier molecular flexibility index (Phi) is 12.7. The van der Waals surface area contributed by atoms with Gasteiger partial charge in [-0.25, -0.2) is 4.79 Å². The van der Waals surface area contributed by atoms with Gasteiger partial charge in [0.25, 0.3) is 0 Å². The predicted molar refractivity (Wildman–Crippen MR) is 108 cm³/mol. The number of carboxylic acid groups (broad SMARTS) is 2. The summed E-state index contributed by atoms with van der Waals surface area (Å²) in [5, 5.41) is 33.1. The number of carbonyl (C=O) groups excluding carboxylic acids is 5. The third-order valence-electron chi connectivity index (χ3n) is 4.15. The molecular weight excluding hydrogens is 448 g/mol. The van der Waals surface area contributed by atoms with Crippen molar-refractivity contribution in [2.75, 3.05) is 6.61 Å². The first-order valence-corrected chi connectivity index (χ1v) is 9.57. The van der Waals surface area contributed by atoms with E-state index < -0.39 is 85.1 Å². The van der Waals surface area contributed by atoms with Crippen molar-refractivity contribution in [2.45, 2.75) is 56.3 Å².